The van der Waals surface area contributed by atoms with Crippen molar-refractivity contribution in [1.82, 2.24) is 0 Å². The zero-order valence-electron chi connectivity index (χ0n) is 29.5. The summed E-state index contributed by atoms with van der Waals surface area (Å²) in [6.07, 6.45) is 46.9. The second-order valence-electron chi connectivity index (χ2n) is 14.1. The van der Waals surface area contributed by atoms with Crippen molar-refractivity contribution in [3.05, 3.63) is 0 Å². The molecule has 4 N–H and O–H groups in total. The maximum atomic E-state index is 6.97. The molecule has 0 amide bonds. The van der Waals surface area contributed by atoms with E-state index in [2.05, 4.69) is 27.7 Å². The van der Waals surface area contributed by atoms with Crippen molar-refractivity contribution in [3.63, 3.8) is 0 Å². The van der Waals surface area contributed by atoms with Gasteiger partial charge in [-0.05, 0) is 24.7 Å². The number of nitrogens with two attached hydrogens (primary N) is 1. The molecular formula is C39H83NO. The Morgan fingerprint density at radius 2 is 0.585 bits per heavy atom. The predicted octanol–water partition coefficient (Wildman–Crippen LogP) is 13.4. The maximum absolute atomic E-state index is 6.97. The van der Waals surface area contributed by atoms with Crippen LogP contribution in [0, 0.1) is 5.41 Å². The third-order valence-electron chi connectivity index (χ3n) is 9.97. The minimum absolute atomic E-state index is 0. The van der Waals surface area contributed by atoms with Crippen molar-refractivity contribution in [1.29, 1.82) is 0 Å². The Hall–Kier alpha value is -0.0800. The molecule has 1 unspecified atom stereocenters. The molecule has 0 rings (SSSR count). The Kier molecular flexibility index (Phi) is 36.1. The first-order valence-electron chi connectivity index (χ1n) is 19.4. The average molecular weight is 582 g/mol. The highest BCUT2D eigenvalue weighted by molar-refractivity contribution is 4.85. The number of hydrogen-bond acceptors (Lipinski definition) is 1. The van der Waals surface area contributed by atoms with Crippen LogP contribution in [0.1, 0.15) is 240 Å². The average Bonchev–Trinajstić information content (AvgIpc) is 2.96. The predicted molar refractivity (Wildman–Crippen MR) is 189 cm³/mol. The van der Waals surface area contributed by atoms with Crippen LogP contribution in [0.2, 0.25) is 0 Å². The molecule has 0 aromatic rings. The van der Waals surface area contributed by atoms with Crippen molar-refractivity contribution >= 4 is 0 Å². The van der Waals surface area contributed by atoms with E-state index in [1.165, 1.54) is 212 Å². The van der Waals surface area contributed by atoms with Crippen molar-refractivity contribution in [2.24, 2.45) is 11.1 Å². The summed E-state index contributed by atoms with van der Waals surface area (Å²) in [5.74, 6) is 0. The van der Waals surface area contributed by atoms with Crippen molar-refractivity contribution in [2.45, 2.75) is 246 Å². The summed E-state index contributed by atoms with van der Waals surface area (Å²) in [5.41, 5.74) is 7.33. The first kappa shape index (κ1) is 43.0. The lowest BCUT2D eigenvalue weighted by Gasteiger charge is -2.36. The van der Waals surface area contributed by atoms with Gasteiger partial charge in [-0.2, -0.15) is 0 Å². The summed E-state index contributed by atoms with van der Waals surface area (Å²) in [4.78, 5) is 0. The van der Waals surface area contributed by atoms with Gasteiger partial charge in [-0.3, -0.25) is 0 Å². The standard InChI is InChI=1S/C39H81N.H2O/c1-5-8-11-14-17-19-21-23-25-27-30-33-36-39(4,38(40)35-32-29-16-13-10-7-3)37-34-31-28-26-24-22-20-18-15-12-9-6-2;/h38H,5-37,40H2,1-4H3;1H2. The molecule has 0 heterocycles. The van der Waals surface area contributed by atoms with Gasteiger partial charge in [0.05, 0.1) is 0 Å². The van der Waals surface area contributed by atoms with Crippen LogP contribution >= 0.6 is 0 Å². The van der Waals surface area contributed by atoms with Gasteiger partial charge in [0.25, 0.3) is 0 Å². The van der Waals surface area contributed by atoms with E-state index in [1.54, 1.807) is 0 Å². The third-order valence-corrected chi connectivity index (χ3v) is 9.97. The topological polar surface area (TPSA) is 57.5 Å². The summed E-state index contributed by atoms with van der Waals surface area (Å²) in [7, 11) is 0. The molecule has 0 aromatic heterocycles. The molecule has 0 spiro atoms. The summed E-state index contributed by atoms with van der Waals surface area (Å²) >= 11 is 0. The molecule has 0 aliphatic rings. The van der Waals surface area contributed by atoms with Crippen molar-refractivity contribution in [3.8, 4) is 0 Å². The van der Waals surface area contributed by atoms with E-state index >= 15 is 0 Å². The third kappa shape index (κ3) is 29.8. The van der Waals surface area contributed by atoms with Crippen LogP contribution in [0.15, 0.2) is 0 Å². The van der Waals surface area contributed by atoms with E-state index in [-0.39, 0.29) is 5.48 Å². The van der Waals surface area contributed by atoms with Gasteiger partial charge in [-0.25, -0.2) is 0 Å². The summed E-state index contributed by atoms with van der Waals surface area (Å²) in [6, 6.07) is 0.402. The molecule has 1 atom stereocenters. The minimum Gasteiger partial charge on any atom is -0.412 e. The highest BCUT2D eigenvalue weighted by atomic mass is 16.0. The first-order valence-corrected chi connectivity index (χ1v) is 19.4. The lowest BCUT2D eigenvalue weighted by atomic mass is 9.72. The van der Waals surface area contributed by atoms with E-state index in [4.69, 9.17) is 5.73 Å². The Morgan fingerprint density at radius 1 is 0.366 bits per heavy atom. The normalized spacial score (nSPS) is 12.5. The summed E-state index contributed by atoms with van der Waals surface area (Å²) in [5, 5.41) is 0. The molecule has 0 aliphatic heterocycles. The molecular weight excluding hydrogens is 498 g/mol. The van der Waals surface area contributed by atoms with E-state index in [1.807, 2.05) is 0 Å². The van der Waals surface area contributed by atoms with Crippen molar-refractivity contribution in [2.75, 3.05) is 0 Å². The minimum atomic E-state index is 0. The summed E-state index contributed by atoms with van der Waals surface area (Å²) < 4.78 is 0. The molecule has 250 valence electrons. The van der Waals surface area contributed by atoms with Crippen LogP contribution in [-0.4, -0.2) is 11.5 Å². The fraction of sp³-hybridized carbons (Fsp3) is 1.00. The smallest absolute Gasteiger partial charge is 0.00929 e. The van der Waals surface area contributed by atoms with Gasteiger partial charge in [-0.1, -0.05) is 220 Å². The molecule has 0 saturated heterocycles. The monoisotopic (exact) mass is 582 g/mol. The maximum Gasteiger partial charge on any atom is 0.00929 e. The lowest BCUT2D eigenvalue weighted by Crippen LogP contribution is -2.39. The van der Waals surface area contributed by atoms with E-state index in [9.17, 15) is 0 Å². The van der Waals surface area contributed by atoms with E-state index < -0.39 is 0 Å². The molecule has 0 radical (unpaired) electrons. The fourth-order valence-electron chi connectivity index (χ4n) is 6.73. The van der Waals surface area contributed by atoms with Gasteiger partial charge in [0.1, 0.15) is 0 Å². The highest BCUT2D eigenvalue weighted by Gasteiger charge is 2.30. The molecule has 0 aliphatic carbocycles. The Labute approximate surface area is 261 Å². The Morgan fingerprint density at radius 3 is 0.854 bits per heavy atom. The second kappa shape index (κ2) is 34.4. The zero-order chi connectivity index (χ0) is 29.4. The Balaban J connectivity index is 0. The van der Waals surface area contributed by atoms with Crippen LogP contribution in [0.4, 0.5) is 0 Å². The summed E-state index contributed by atoms with van der Waals surface area (Å²) in [6.45, 7) is 9.49. The van der Waals surface area contributed by atoms with Crippen LogP contribution in [0.25, 0.3) is 0 Å². The lowest BCUT2D eigenvalue weighted by molar-refractivity contribution is 0.186. The van der Waals surface area contributed by atoms with Gasteiger partial charge >= 0.3 is 0 Å². The number of rotatable bonds is 34. The number of unbranched alkanes of at least 4 members (excludes halogenated alkanes) is 27. The van der Waals surface area contributed by atoms with Gasteiger partial charge in [0.15, 0.2) is 0 Å². The quantitative estimate of drug-likeness (QED) is 0.0755. The first-order chi connectivity index (χ1) is 19.6. The van der Waals surface area contributed by atoms with Gasteiger partial charge in [-0.15, -0.1) is 0 Å². The van der Waals surface area contributed by atoms with E-state index in [0.717, 1.165) is 0 Å². The molecule has 2 heteroatoms. The van der Waals surface area contributed by atoms with Crippen LogP contribution < -0.4 is 5.73 Å². The van der Waals surface area contributed by atoms with Crippen LogP contribution in [-0.2, 0) is 0 Å². The highest BCUT2D eigenvalue weighted by Crippen LogP contribution is 2.36. The van der Waals surface area contributed by atoms with Crippen LogP contribution in [0.3, 0.4) is 0 Å². The molecule has 0 fully saturated rings. The molecule has 0 saturated carbocycles. The largest absolute Gasteiger partial charge is 0.412 e. The molecule has 0 bridgehead atoms. The van der Waals surface area contributed by atoms with Crippen LogP contribution in [0.5, 0.6) is 0 Å². The van der Waals surface area contributed by atoms with Gasteiger partial charge < -0.3 is 11.2 Å². The second-order valence-corrected chi connectivity index (χ2v) is 14.1. The van der Waals surface area contributed by atoms with Crippen molar-refractivity contribution < 1.29 is 5.48 Å². The number of hydrogen-bond donors (Lipinski definition) is 1. The van der Waals surface area contributed by atoms with E-state index in [0.29, 0.717) is 11.5 Å². The molecule has 0 aromatic carbocycles. The van der Waals surface area contributed by atoms with Gasteiger partial charge in [0.2, 0.25) is 0 Å². The SMILES string of the molecule is CCCCCCCCCCCCCCC(C)(CCCCCCCCCCCCCC)C(N)CCCCCCCC.O. The van der Waals surface area contributed by atoms with Gasteiger partial charge in [0, 0.05) is 6.04 Å². The molecule has 2 nitrogen and oxygen atoms in total. The molecule has 41 heavy (non-hydrogen) atoms. The Bertz CT molecular complexity index is 436. The fourth-order valence-corrected chi connectivity index (χ4v) is 6.73. The zero-order valence-corrected chi connectivity index (χ0v) is 29.5.